The van der Waals surface area contributed by atoms with Gasteiger partial charge in [0, 0.05) is 0 Å². The summed E-state index contributed by atoms with van der Waals surface area (Å²) in [7, 11) is -4.61. The Labute approximate surface area is 116 Å². The SMILES string of the molecule is O.O[Si](O)(O)O.[Al+3].[Ca+2].[Na+]. The van der Waals surface area contributed by atoms with E-state index in [4.69, 9.17) is 19.2 Å². The van der Waals surface area contributed by atoms with E-state index in [1.165, 1.54) is 0 Å². The van der Waals surface area contributed by atoms with Crippen molar-refractivity contribution in [2.24, 2.45) is 0 Å². The summed E-state index contributed by atoms with van der Waals surface area (Å²) in [6, 6.07) is 0. The van der Waals surface area contributed by atoms with Gasteiger partial charge in [0.25, 0.3) is 0 Å². The summed E-state index contributed by atoms with van der Waals surface area (Å²) in [6.45, 7) is 0. The van der Waals surface area contributed by atoms with Gasteiger partial charge in [-0.15, -0.1) is 0 Å². The Bertz CT molecular complexity index is 32.4. The minimum atomic E-state index is -4.61. The van der Waals surface area contributed by atoms with E-state index in [9.17, 15) is 0 Å². The molecule has 0 aromatic rings. The monoisotopic (exact) mass is 204 g/mol. The van der Waals surface area contributed by atoms with Crippen molar-refractivity contribution < 1.29 is 54.2 Å². The third-order valence-electron chi connectivity index (χ3n) is 0. The molecule has 0 aliphatic heterocycles. The van der Waals surface area contributed by atoms with E-state index in [0.29, 0.717) is 0 Å². The first kappa shape index (κ1) is 29.8. The second-order valence-corrected chi connectivity index (χ2v) is 1.80. The van der Waals surface area contributed by atoms with Crippen LogP contribution in [0.4, 0.5) is 0 Å². The molecule has 0 atom stereocenters. The first-order valence-electron chi connectivity index (χ1n) is 0.894. The summed E-state index contributed by atoms with van der Waals surface area (Å²) in [6.07, 6.45) is 0. The summed E-state index contributed by atoms with van der Waals surface area (Å²) in [5.41, 5.74) is 0. The molecule has 0 aliphatic rings. The molecule has 0 radical (unpaired) electrons. The summed E-state index contributed by atoms with van der Waals surface area (Å²) < 4.78 is 0. The zero-order chi connectivity index (χ0) is 4.50. The normalized spacial score (nSPS) is 6.67. The molecule has 40 valence electrons. The molecule has 0 aliphatic carbocycles. The summed E-state index contributed by atoms with van der Waals surface area (Å²) in [5.74, 6) is 0. The maximum atomic E-state index is 7.33. The number of rotatable bonds is 0. The average molecular weight is 204 g/mol. The Morgan fingerprint density at radius 1 is 0.889 bits per heavy atom. The topological polar surface area (TPSA) is 112 Å². The molecule has 0 amide bonds. The molecule has 0 heterocycles. The van der Waals surface area contributed by atoms with Gasteiger partial charge in [-0.25, -0.2) is 0 Å². The van der Waals surface area contributed by atoms with Crippen LogP contribution in [0.25, 0.3) is 0 Å². The molecule has 9 heteroatoms. The van der Waals surface area contributed by atoms with Gasteiger partial charge >= 0.3 is 93.7 Å². The third-order valence-corrected chi connectivity index (χ3v) is 0. The zero-order valence-corrected chi connectivity index (χ0v) is 11.4. The van der Waals surface area contributed by atoms with Gasteiger partial charge in [-0.3, -0.25) is 0 Å². The Balaban J connectivity index is -0.0000000133. The van der Waals surface area contributed by atoms with Crippen LogP contribution in [-0.2, 0) is 0 Å². The Morgan fingerprint density at radius 2 is 0.889 bits per heavy atom. The maximum absolute atomic E-state index is 7.33. The minimum absolute atomic E-state index is 0. The molecule has 5 nitrogen and oxygen atoms in total. The van der Waals surface area contributed by atoms with Crippen molar-refractivity contribution >= 4 is 64.1 Å². The predicted molar refractivity (Wildman–Crippen MR) is 29.8 cm³/mol. The molecular formula is H6AlCaNaO5Si+6. The summed E-state index contributed by atoms with van der Waals surface area (Å²) in [4.78, 5) is 29.3. The fourth-order valence-electron chi connectivity index (χ4n) is 0. The second-order valence-electron chi connectivity index (χ2n) is 0.600. The predicted octanol–water partition coefficient (Wildman–Crippen LogP) is -7.19. The van der Waals surface area contributed by atoms with Crippen molar-refractivity contribution in [3.8, 4) is 0 Å². The van der Waals surface area contributed by atoms with Gasteiger partial charge in [0.05, 0.1) is 0 Å². The van der Waals surface area contributed by atoms with Gasteiger partial charge in [-0.1, -0.05) is 0 Å². The molecular weight excluding hydrogens is 198 g/mol. The van der Waals surface area contributed by atoms with Crippen LogP contribution in [0.3, 0.4) is 0 Å². The largest absolute Gasteiger partial charge is 3.00 e. The molecule has 0 unspecified atom stereocenters. The summed E-state index contributed by atoms with van der Waals surface area (Å²) in [5, 5.41) is 0. The molecule has 0 fully saturated rings. The van der Waals surface area contributed by atoms with E-state index in [-0.39, 0.29) is 90.1 Å². The first-order valence-corrected chi connectivity index (χ1v) is 2.68. The molecule has 6 N–H and O–H groups in total. The van der Waals surface area contributed by atoms with Crippen molar-refractivity contribution in [3.63, 3.8) is 0 Å². The smallest absolute Gasteiger partial charge is 0.412 e. The average Bonchev–Trinajstić information content (AvgIpc) is 0.722. The van der Waals surface area contributed by atoms with Crippen LogP contribution in [-0.4, -0.2) is 88.8 Å². The van der Waals surface area contributed by atoms with Crippen molar-refractivity contribution in [1.82, 2.24) is 0 Å². The maximum Gasteiger partial charge on any atom is 3.00 e. The van der Waals surface area contributed by atoms with Crippen molar-refractivity contribution in [2.45, 2.75) is 0 Å². The van der Waals surface area contributed by atoms with E-state index in [2.05, 4.69) is 0 Å². The van der Waals surface area contributed by atoms with Crippen LogP contribution in [0.5, 0.6) is 0 Å². The molecule has 0 rings (SSSR count). The molecule has 0 aromatic carbocycles. The van der Waals surface area contributed by atoms with Gasteiger partial charge in [-0.2, -0.15) is 0 Å². The Morgan fingerprint density at radius 3 is 0.889 bits per heavy atom. The van der Waals surface area contributed by atoms with Gasteiger partial charge in [0.1, 0.15) is 0 Å². The van der Waals surface area contributed by atoms with Gasteiger partial charge in [0.15, 0.2) is 0 Å². The Hall–Kier alpha value is 2.81. The molecule has 9 heavy (non-hydrogen) atoms. The van der Waals surface area contributed by atoms with Crippen LogP contribution in [0.2, 0.25) is 0 Å². The zero-order valence-electron chi connectivity index (χ0n) is 5.07. The molecule has 0 saturated heterocycles. The van der Waals surface area contributed by atoms with Crippen molar-refractivity contribution in [3.05, 3.63) is 0 Å². The van der Waals surface area contributed by atoms with E-state index in [1.54, 1.807) is 0 Å². The third kappa shape index (κ3) is 106. The van der Waals surface area contributed by atoms with Crippen molar-refractivity contribution in [2.75, 3.05) is 0 Å². The fourth-order valence-corrected chi connectivity index (χ4v) is 0. The number of hydrogen-bond donors (Lipinski definition) is 4. The molecule has 0 spiro atoms. The van der Waals surface area contributed by atoms with Crippen LogP contribution in [0.15, 0.2) is 0 Å². The molecule has 0 bridgehead atoms. The van der Waals surface area contributed by atoms with Crippen molar-refractivity contribution in [1.29, 1.82) is 0 Å². The summed E-state index contributed by atoms with van der Waals surface area (Å²) >= 11 is 0. The first-order chi connectivity index (χ1) is 2.00. The van der Waals surface area contributed by atoms with E-state index >= 15 is 0 Å². The standard InChI is InChI=1S/Al.Ca.Na.H4O4Si.H2O/c;;;1-5(2,3)4;/h;;;1-4H;1H2/q+3;+2;+1;;. The number of hydrogen-bond acceptors (Lipinski definition) is 4. The minimum Gasteiger partial charge on any atom is -0.412 e. The van der Waals surface area contributed by atoms with Crippen LogP contribution in [0.1, 0.15) is 0 Å². The molecule has 0 saturated carbocycles. The Kier molecular flexibility index (Phi) is 44.3. The fraction of sp³-hybridized carbons (Fsp3) is 0. The quantitative estimate of drug-likeness (QED) is 0.294. The van der Waals surface area contributed by atoms with Crippen LogP contribution < -0.4 is 29.6 Å². The van der Waals surface area contributed by atoms with E-state index in [0.717, 1.165) is 0 Å². The van der Waals surface area contributed by atoms with Gasteiger partial charge in [-0.05, 0) is 0 Å². The van der Waals surface area contributed by atoms with Gasteiger partial charge in [0.2, 0.25) is 0 Å². The van der Waals surface area contributed by atoms with Crippen LogP contribution in [0, 0.1) is 0 Å². The molecule has 0 aromatic heterocycles. The van der Waals surface area contributed by atoms with E-state index < -0.39 is 9.05 Å². The second kappa shape index (κ2) is 13.4. The van der Waals surface area contributed by atoms with E-state index in [1.807, 2.05) is 0 Å². The van der Waals surface area contributed by atoms with Crippen LogP contribution >= 0.6 is 0 Å². The van der Waals surface area contributed by atoms with Gasteiger partial charge < -0.3 is 24.7 Å².